The molecule has 0 radical (unpaired) electrons. The molecule has 0 bridgehead atoms. The average molecular weight is 320 g/mol. The maximum atomic E-state index is 12.5. The van der Waals surface area contributed by atoms with Crippen LogP contribution in [0.3, 0.4) is 0 Å². The fraction of sp³-hybridized carbons (Fsp3) is 0.750. The summed E-state index contributed by atoms with van der Waals surface area (Å²) >= 11 is 0. The van der Waals surface area contributed by atoms with Gasteiger partial charge >= 0.3 is 5.97 Å². The van der Waals surface area contributed by atoms with Gasteiger partial charge in [0.05, 0.1) is 11.8 Å². The van der Waals surface area contributed by atoms with E-state index in [-0.39, 0.29) is 17.9 Å². The molecule has 1 unspecified atom stereocenters. The topological polar surface area (TPSA) is 97.1 Å². The van der Waals surface area contributed by atoms with Crippen molar-refractivity contribution in [1.82, 2.24) is 20.1 Å². The molecule has 3 rings (SSSR count). The molecule has 1 aromatic rings. The van der Waals surface area contributed by atoms with Gasteiger partial charge in [-0.15, -0.1) is 10.2 Å². The van der Waals surface area contributed by atoms with Crippen LogP contribution in [-0.2, 0) is 22.6 Å². The second kappa shape index (κ2) is 5.32. The van der Waals surface area contributed by atoms with Crippen LogP contribution in [0, 0.1) is 17.3 Å². The van der Waals surface area contributed by atoms with Gasteiger partial charge in [-0.25, -0.2) is 0 Å². The van der Waals surface area contributed by atoms with Crippen molar-refractivity contribution in [1.29, 1.82) is 0 Å². The van der Waals surface area contributed by atoms with E-state index in [1.165, 1.54) is 0 Å². The van der Waals surface area contributed by atoms with Crippen LogP contribution in [-0.4, -0.2) is 37.8 Å². The number of carboxylic acids is 1. The summed E-state index contributed by atoms with van der Waals surface area (Å²) in [6.07, 6.45) is 1.59. The predicted octanol–water partition coefficient (Wildman–Crippen LogP) is 1.19. The maximum Gasteiger partial charge on any atom is 0.307 e. The van der Waals surface area contributed by atoms with E-state index in [0.29, 0.717) is 6.54 Å². The molecule has 0 saturated heterocycles. The molecule has 7 nitrogen and oxygen atoms in total. The molecular weight excluding hydrogens is 296 g/mol. The first-order valence-electron chi connectivity index (χ1n) is 8.18. The molecule has 2 aliphatic rings. The van der Waals surface area contributed by atoms with Crippen LogP contribution in [0.1, 0.15) is 51.7 Å². The molecule has 1 aliphatic heterocycles. The van der Waals surface area contributed by atoms with Gasteiger partial charge in [0.1, 0.15) is 11.6 Å². The van der Waals surface area contributed by atoms with E-state index in [1.807, 2.05) is 13.8 Å². The van der Waals surface area contributed by atoms with Gasteiger partial charge in [-0.2, -0.15) is 0 Å². The van der Waals surface area contributed by atoms with Crippen molar-refractivity contribution >= 4 is 11.9 Å². The number of carbonyl (C=O) groups is 2. The smallest absolute Gasteiger partial charge is 0.307 e. The van der Waals surface area contributed by atoms with E-state index in [2.05, 4.69) is 33.9 Å². The summed E-state index contributed by atoms with van der Waals surface area (Å²) in [6.45, 7) is 8.48. The van der Waals surface area contributed by atoms with Gasteiger partial charge in [-0.05, 0) is 11.8 Å². The Labute approximate surface area is 135 Å². The van der Waals surface area contributed by atoms with E-state index in [9.17, 15) is 14.7 Å². The summed E-state index contributed by atoms with van der Waals surface area (Å²) < 4.78 is 2.09. The van der Waals surface area contributed by atoms with Crippen molar-refractivity contribution in [3.8, 4) is 0 Å². The molecule has 23 heavy (non-hydrogen) atoms. The molecule has 1 aromatic heterocycles. The van der Waals surface area contributed by atoms with Crippen LogP contribution in [0.5, 0.6) is 0 Å². The van der Waals surface area contributed by atoms with Crippen LogP contribution < -0.4 is 5.32 Å². The first-order valence-corrected chi connectivity index (χ1v) is 8.18. The number of nitrogens with one attached hydrogen (secondary N) is 1. The Hall–Kier alpha value is -1.92. The number of rotatable bonds is 4. The standard InChI is InChI=1S/C16H24N4O3/c1-8(2)13-19-18-10-6-5-9(7-20(10)13)17-14(21)11-12(15(22)23)16(11,3)4/h8-9,11-12H,5-7H2,1-4H3,(H,17,21)(H,22,23)/t9?,11-,12+/m0/s1. The van der Waals surface area contributed by atoms with Crippen molar-refractivity contribution in [2.75, 3.05) is 0 Å². The van der Waals surface area contributed by atoms with Crippen LogP contribution in [0.4, 0.5) is 0 Å². The Balaban J connectivity index is 1.67. The molecule has 2 heterocycles. The van der Waals surface area contributed by atoms with Gasteiger partial charge in [0, 0.05) is 24.9 Å². The molecule has 0 spiro atoms. The number of carbonyl (C=O) groups excluding carboxylic acids is 1. The number of fused-ring (bicyclic) bond motifs is 1. The maximum absolute atomic E-state index is 12.5. The lowest BCUT2D eigenvalue weighted by Crippen LogP contribution is -2.42. The number of hydrogen-bond donors (Lipinski definition) is 2. The van der Waals surface area contributed by atoms with Gasteiger partial charge in [-0.3, -0.25) is 9.59 Å². The summed E-state index contributed by atoms with van der Waals surface area (Å²) in [5, 5.41) is 20.7. The number of carboxylic acid groups (broad SMARTS) is 1. The number of nitrogens with zero attached hydrogens (tertiary/aromatic N) is 3. The zero-order valence-electron chi connectivity index (χ0n) is 14.0. The molecule has 7 heteroatoms. The average Bonchev–Trinajstić information content (AvgIpc) is 2.83. The molecule has 3 atom stereocenters. The fourth-order valence-electron chi connectivity index (χ4n) is 3.77. The van der Waals surface area contributed by atoms with Crippen LogP contribution in [0.15, 0.2) is 0 Å². The Morgan fingerprint density at radius 2 is 2.00 bits per heavy atom. The zero-order chi connectivity index (χ0) is 16.9. The summed E-state index contributed by atoms with van der Waals surface area (Å²) in [6, 6.07) is 0.00865. The van der Waals surface area contributed by atoms with Gasteiger partial charge in [0.15, 0.2) is 0 Å². The molecule has 1 saturated carbocycles. The highest BCUT2D eigenvalue weighted by Gasteiger charge is 2.66. The van der Waals surface area contributed by atoms with Crippen molar-refractivity contribution in [3.05, 3.63) is 11.6 Å². The van der Waals surface area contributed by atoms with E-state index in [4.69, 9.17) is 0 Å². The lowest BCUT2D eigenvalue weighted by atomic mass is 10.0. The molecule has 0 aromatic carbocycles. The van der Waals surface area contributed by atoms with Crippen LogP contribution >= 0.6 is 0 Å². The Bertz CT molecular complexity index is 650. The number of aliphatic carboxylic acids is 1. The summed E-state index contributed by atoms with van der Waals surface area (Å²) in [7, 11) is 0. The highest BCUT2D eigenvalue weighted by molar-refractivity contribution is 5.91. The molecule has 1 aliphatic carbocycles. The van der Waals surface area contributed by atoms with Gasteiger partial charge in [0.25, 0.3) is 0 Å². The minimum atomic E-state index is -0.887. The number of aromatic nitrogens is 3. The molecule has 126 valence electrons. The number of amides is 1. The SMILES string of the molecule is CC(C)c1nnc2n1CC(NC(=O)[C@@H]1[C@H](C(=O)O)C1(C)C)CC2. The fourth-order valence-corrected chi connectivity index (χ4v) is 3.77. The van der Waals surface area contributed by atoms with Crippen molar-refractivity contribution in [2.24, 2.45) is 17.3 Å². The van der Waals surface area contributed by atoms with Gasteiger partial charge in [-0.1, -0.05) is 27.7 Å². The van der Waals surface area contributed by atoms with E-state index < -0.39 is 23.2 Å². The largest absolute Gasteiger partial charge is 0.481 e. The first-order chi connectivity index (χ1) is 10.7. The van der Waals surface area contributed by atoms with Crippen molar-refractivity contribution < 1.29 is 14.7 Å². The van der Waals surface area contributed by atoms with Crippen LogP contribution in [0.25, 0.3) is 0 Å². The number of hydrogen-bond acceptors (Lipinski definition) is 4. The van der Waals surface area contributed by atoms with Crippen molar-refractivity contribution in [2.45, 2.75) is 59.0 Å². The van der Waals surface area contributed by atoms with Crippen molar-refractivity contribution in [3.63, 3.8) is 0 Å². The summed E-state index contributed by atoms with van der Waals surface area (Å²) in [4.78, 5) is 23.7. The Morgan fingerprint density at radius 1 is 1.30 bits per heavy atom. The highest BCUT2D eigenvalue weighted by Crippen LogP contribution is 2.58. The van der Waals surface area contributed by atoms with Gasteiger partial charge in [0.2, 0.25) is 5.91 Å². The van der Waals surface area contributed by atoms with E-state index in [0.717, 1.165) is 24.5 Å². The van der Waals surface area contributed by atoms with Crippen LogP contribution in [0.2, 0.25) is 0 Å². The molecule has 1 amide bonds. The minimum absolute atomic E-state index is 0.00865. The van der Waals surface area contributed by atoms with Gasteiger partial charge < -0.3 is 15.0 Å². The summed E-state index contributed by atoms with van der Waals surface area (Å²) in [5.41, 5.74) is -0.463. The second-order valence-electron chi connectivity index (χ2n) is 7.60. The summed E-state index contributed by atoms with van der Waals surface area (Å²) in [5.74, 6) is 0.139. The zero-order valence-corrected chi connectivity index (χ0v) is 14.0. The molecular formula is C16H24N4O3. The third kappa shape index (κ3) is 2.62. The normalized spacial score (nSPS) is 28.3. The lowest BCUT2D eigenvalue weighted by Gasteiger charge is -2.26. The second-order valence-corrected chi connectivity index (χ2v) is 7.60. The Kier molecular flexibility index (Phi) is 3.69. The Morgan fingerprint density at radius 3 is 2.57 bits per heavy atom. The predicted molar refractivity (Wildman–Crippen MR) is 82.8 cm³/mol. The monoisotopic (exact) mass is 320 g/mol. The van der Waals surface area contributed by atoms with E-state index >= 15 is 0 Å². The third-order valence-electron chi connectivity index (χ3n) is 5.21. The highest BCUT2D eigenvalue weighted by atomic mass is 16.4. The lowest BCUT2D eigenvalue weighted by molar-refractivity contribution is -0.140. The molecule has 2 N–H and O–H groups in total. The number of aryl methyl sites for hydroxylation is 1. The molecule has 1 fully saturated rings. The quantitative estimate of drug-likeness (QED) is 0.868. The first kappa shape index (κ1) is 16.0. The minimum Gasteiger partial charge on any atom is -0.481 e. The van der Waals surface area contributed by atoms with E-state index in [1.54, 1.807) is 0 Å². The third-order valence-corrected chi connectivity index (χ3v) is 5.21.